The summed E-state index contributed by atoms with van der Waals surface area (Å²) < 4.78 is 65.8. The van der Waals surface area contributed by atoms with E-state index in [-0.39, 0.29) is 12.0 Å². The van der Waals surface area contributed by atoms with E-state index in [9.17, 15) is 0 Å². The Bertz CT molecular complexity index is 848. The van der Waals surface area contributed by atoms with Gasteiger partial charge in [0.2, 0.25) is 0 Å². The van der Waals surface area contributed by atoms with Gasteiger partial charge in [0.25, 0.3) is 0 Å². The van der Waals surface area contributed by atoms with Crippen molar-refractivity contribution >= 4 is 0 Å². The summed E-state index contributed by atoms with van der Waals surface area (Å²) in [5.74, 6) is 0.878. The standard InChI is InChI=1S/C39H72O13/c1-4-6-7-12-39(3,5-2)37-8-10-38(11-9-37)52-36-35-51-34-33-50-32-31-49-30-29-48-28-27-47-26-25-46-24-23-45-22-21-44-20-19-43-18-17-42-16-15-41-14-13-40/h8-11,40H,4-7,12-36H2,1-3H3. The van der Waals surface area contributed by atoms with Crippen LogP contribution in [0.25, 0.3) is 0 Å². The van der Waals surface area contributed by atoms with Crippen LogP contribution in [0.1, 0.15) is 58.4 Å². The zero-order valence-corrected chi connectivity index (χ0v) is 32.7. The molecule has 0 saturated carbocycles. The second-order valence-corrected chi connectivity index (χ2v) is 12.2. The largest absolute Gasteiger partial charge is 0.491 e. The molecule has 1 N–H and O–H groups in total. The third kappa shape index (κ3) is 29.9. The number of unbranched alkanes of at least 4 members (excludes halogenated alkanes) is 2. The molecule has 13 nitrogen and oxygen atoms in total. The Labute approximate surface area is 314 Å². The minimum Gasteiger partial charge on any atom is -0.491 e. The van der Waals surface area contributed by atoms with Gasteiger partial charge >= 0.3 is 0 Å². The third-order valence-corrected chi connectivity index (χ3v) is 8.12. The maximum absolute atomic E-state index is 8.59. The van der Waals surface area contributed by atoms with E-state index in [2.05, 4.69) is 45.0 Å². The van der Waals surface area contributed by atoms with Gasteiger partial charge in [-0.05, 0) is 36.0 Å². The van der Waals surface area contributed by atoms with Crippen molar-refractivity contribution in [2.45, 2.75) is 58.3 Å². The lowest BCUT2D eigenvalue weighted by Gasteiger charge is -2.29. The number of rotatable bonds is 42. The fourth-order valence-corrected chi connectivity index (χ4v) is 4.83. The number of aliphatic hydroxyl groups excluding tert-OH is 1. The van der Waals surface area contributed by atoms with Gasteiger partial charge in [0.05, 0.1) is 152 Å². The first-order chi connectivity index (χ1) is 25.7. The maximum Gasteiger partial charge on any atom is 0.119 e. The predicted molar refractivity (Wildman–Crippen MR) is 200 cm³/mol. The highest BCUT2D eigenvalue weighted by Gasteiger charge is 2.23. The normalized spacial score (nSPS) is 12.8. The van der Waals surface area contributed by atoms with Crippen LogP contribution in [0.15, 0.2) is 24.3 Å². The molecule has 1 aromatic rings. The number of hydrogen-bond donors (Lipinski definition) is 1. The molecule has 1 aromatic carbocycles. The average molecular weight is 749 g/mol. The second-order valence-electron chi connectivity index (χ2n) is 12.2. The van der Waals surface area contributed by atoms with Crippen molar-refractivity contribution in [3.63, 3.8) is 0 Å². The summed E-state index contributed by atoms with van der Waals surface area (Å²) in [6, 6.07) is 8.57. The van der Waals surface area contributed by atoms with Gasteiger partial charge in [-0.3, -0.25) is 0 Å². The summed E-state index contributed by atoms with van der Waals surface area (Å²) in [5.41, 5.74) is 1.62. The Morgan fingerprint density at radius 3 is 1.02 bits per heavy atom. The first kappa shape index (κ1) is 48.6. The van der Waals surface area contributed by atoms with E-state index in [0.717, 1.165) is 12.2 Å². The van der Waals surface area contributed by atoms with E-state index >= 15 is 0 Å². The van der Waals surface area contributed by atoms with Crippen molar-refractivity contribution in [1.82, 2.24) is 0 Å². The zero-order valence-electron chi connectivity index (χ0n) is 32.7. The van der Waals surface area contributed by atoms with Crippen molar-refractivity contribution in [1.29, 1.82) is 0 Å². The third-order valence-electron chi connectivity index (χ3n) is 8.12. The predicted octanol–water partition coefficient (Wildman–Crippen LogP) is 4.49. The number of hydrogen-bond acceptors (Lipinski definition) is 13. The molecule has 13 heteroatoms. The Morgan fingerprint density at radius 2 is 0.731 bits per heavy atom. The number of ether oxygens (including phenoxy) is 12. The highest BCUT2D eigenvalue weighted by atomic mass is 16.6. The molecule has 306 valence electrons. The van der Waals surface area contributed by atoms with Gasteiger partial charge in [-0.25, -0.2) is 0 Å². The van der Waals surface area contributed by atoms with E-state index in [1.165, 1.54) is 31.2 Å². The highest BCUT2D eigenvalue weighted by molar-refractivity contribution is 5.32. The molecule has 0 amide bonds. The summed E-state index contributed by atoms with van der Waals surface area (Å²) in [7, 11) is 0. The Hall–Kier alpha value is -1.46. The summed E-state index contributed by atoms with van der Waals surface area (Å²) in [6.07, 6.45) is 6.19. The molecule has 0 radical (unpaired) electrons. The lowest BCUT2D eigenvalue weighted by atomic mass is 9.76. The van der Waals surface area contributed by atoms with Gasteiger partial charge < -0.3 is 61.9 Å². The maximum atomic E-state index is 8.59. The van der Waals surface area contributed by atoms with E-state index < -0.39 is 0 Å². The minimum absolute atomic E-state index is 0.0250. The first-order valence-corrected chi connectivity index (χ1v) is 19.4. The molecule has 0 aliphatic heterocycles. The van der Waals surface area contributed by atoms with Crippen molar-refractivity contribution in [2.75, 3.05) is 159 Å². The van der Waals surface area contributed by atoms with Crippen LogP contribution in [-0.2, 0) is 57.5 Å². The van der Waals surface area contributed by atoms with Crippen molar-refractivity contribution in [3.8, 4) is 5.75 Å². The molecule has 0 aliphatic carbocycles. The van der Waals surface area contributed by atoms with E-state index in [0.29, 0.717) is 152 Å². The molecule has 1 rings (SSSR count). The Balaban J connectivity index is 1.73. The van der Waals surface area contributed by atoms with Crippen LogP contribution in [0, 0.1) is 0 Å². The second kappa shape index (κ2) is 37.8. The van der Waals surface area contributed by atoms with Crippen LogP contribution < -0.4 is 4.74 Å². The molecular formula is C39H72O13. The molecule has 0 bridgehead atoms. The van der Waals surface area contributed by atoms with Gasteiger partial charge in [-0.2, -0.15) is 0 Å². The highest BCUT2D eigenvalue weighted by Crippen LogP contribution is 2.34. The molecule has 0 fully saturated rings. The fourth-order valence-electron chi connectivity index (χ4n) is 4.83. The van der Waals surface area contributed by atoms with Crippen molar-refractivity contribution in [2.24, 2.45) is 0 Å². The van der Waals surface area contributed by atoms with Gasteiger partial charge in [0.15, 0.2) is 0 Å². The number of aliphatic hydroxyl groups is 1. The molecule has 1 unspecified atom stereocenters. The van der Waals surface area contributed by atoms with Crippen LogP contribution in [0.4, 0.5) is 0 Å². The van der Waals surface area contributed by atoms with E-state index in [4.69, 9.17) is 61.9 Å². The molecule has 1 atom stereocenters. The summed E-state index contributed by atoms with van der Waals surface area (Å²) in [5, 5.41) is 8.59. The molecule has 0 aliphatic rings. The topological polar surface area (TPSA) is 131 Å². The average Bonchev–Trinajstić information content (AvgIpc) is 3.16. The monoisotopic (exact) mass is 748 g/mol. The van der Waals surface area contributed by atoms with Gasteiger partial charge in [-0.1, -0.05) is 52.2 Å². The number of benzene rings is 1. The quantitative estimate of drug-likeness (QED) is 0.0944. The first-order valence-electron chi connectivity index (χ1n) is 19.4. The molecule has 0 saturated heterocycles. The smallest absolute Gasteiger partial charge is 0.119 e. The van der Waals surface area contributed by atoms with Gasteiger partial charge in [-0.15, -0.1) is 0 Å². The minimum atomic E-state index is 0.0250. The zero-order chi connectivity index (χ0) is 37.5. The van der Waals surface area contributed by atoms with Gasteiger partial charge in [0, 0.05) is 0 Å². The lowest BCUT2D eigenvalue weighted by molar-refractivity contribution is -0.0280. The summed E-state index contributed by atoms with van der Waals surface area (Å²) in [4.78, 5) is 0. The van der Waals surface area contributed by atoms with Crippen LogP contribution in [0.3, 0.4) is 0 Å². The lowest BCUT2D eigenvalue weighted by Crippen LogP contribution is -2.20. The van der Waals surface area contributed by atoms with Crippen molar-refractivity contribution < 1.29 is 61.9 Å². The van der Waals surface area contributed by atoms with Gasteiger partial charge in [0.1, 0.15) is 12.4 Å². The van der Waals surface area contributed by atoms with Crippen LogP contribution in [-0.4, -0.2) is 164 Å². The van der Waals surface area contributed by atoms with Crippen LogP contribution in [0.5, 0.6) is 5.75 Å². The van der Waals surface area contributed by atoms with E-state index in [1.807, 2.05) is 0 Å². The summed E-state index contributed by atoms with van der Waals surface area (Å²) in [6.45, 7) is 18.4. The molecular weight excluding hydrogens is 676 g/mol. The van der Waals surface area contributed by atoms with Crippen LogP contribution in [0.2, 0.25) is 0 Å². The molecule has 0 aromatic heterocycles. The molecule has 0 heterocycles. The molecule has 0 spiro atoms. The summed E-state index contributed by atoms with van der Waals surface area (Å²) >= 11 is 0. The molecule has 52 heavy (non-hydrogen) atoms. The van der Waals surface area contributed by atoms with Crippen LogP contribution >= 0.6 is 0 Å². The Morgan fingerprint density at radius 1 is 0.423 bits per heavy atom. The van der Waals surface area contributed by atoms with E-state index in [1.54, 1.807) is 0 Å². The SMILES string of the molecule is CCCCCC(C)(CC)c1ccc(OCCOCCOCCOCCOCCOCCOCCOCCOCCOCCOCCOCCO)cc1. The fraction of sp³-hybridized carbons (Fsp3) is 0.846. The Kier molecular flexibility index (Phi) is 35.3. The van der Waals surface area contributed by atoms with Crippen molar-refractivity contribution in [3.05, 3.63) is 29.8 Å².